The Kier molecular flexibility index (Phi) is 4.60. The van der Waals surface area contributed by atoms with Gasteiger partial charge in [-0.1, -0.05) is 18.2 Å². The zero-order chi connectivity index (χ0) is 19.8. The number of rotatable bonds is 4. The number of aryl methyl sites for hydroxylation is 1. The summed E-state index contributed by atoms with van der Waals surface area (Å²) in [5, 5.41) is 21.4. The molecule has 3 aromatic rings. The first-order chi connectivity index (χ1) is 13.5. The van der Waals surface area contributed by atoms with Crippen molar-refractivity contribution in [1.29, 1.82) is 5.41 Å². The van der Waals surface area contributed by atoms with E-state index in [4.69, 9.17) is 10.1 Å². The number of aromatic nitrogens is 1. The summed E-state index contributed by atoms with van der Waals surface area (Å²) in [6.45, 7) is 1.80. The fraction of sp³-hybridized carbons (Fsp3) is 0.143. The zero-order valence-corrected chi connectivity index (χ0v) is 16.2. The number of nitrogens with one attached hydrogen (secondary N) is 1. The number of nitrogens with zero attached hydrogens (tertiary/aromatic N) is 2. The second-order valence-electron chi connectivity index (χ2n) is 6.46. The maximum absolute atomic E-state index is 13.9. The summed E-state index contributed by atoms with van der Waals surface area (Å²) < 4.78 is 19.2. The van der Waals surface area contributed by atoms with Crippen molar-refractivity contribution in [2.45, 2.75) is 6.92 Å². The third-order valence-electron chi connectivity index (χ3n) is 4.65. The lowest BCUT2D eigenvalue weighted by atomic mass is 10.1. The summed E-state index contributed by atoms with van der Waals surface area (Å²) in [5.41, 5.74) is 3.07. The highest BCUT2D eigenvalue weighted by molar-refractivity contribution is 7.11. The Morgan fingerprint density at radius 1 is 1.25 bits per heavy atom. The normalized spacial score (nSPS) is 14.1. The van der Waals surface area contributed by atoms with Crippen LogP contribution in [-0.2, 0) is 0 Å². The first kappa shape index (κ1) is 18.2. The smallest absolute Gasteiger partial charge is 0.139 e. The van der Waals surface area contributed by atoms with E-state index in [0.717, 1.165) is 17.0 Å². The van der Waals surface area contributed by atoms with Crippen molar-refractivity contribution in [3.05, 3.63) is 70.0 Å². The molecule has 2 aromatic carbocycles. The van der Waals surface area contributed by atoms with Crippen LogP contribution < -0.4 is 9.64 Å². The summed E-state index contributed by atoms with van der Waals surface area (Å²) in [6, 6.07) is 12.3. The van der Waals surface area contributed by atoms with E-state index in [2.05, 4.69) is 4.98 Å². The molecule has 7 heteroatoms. The maximum Gasteiger partial charge on any atom is 0.139 e. The number of methoxy groups -OCH3 is 1. The number of anilines is 1. The van der Waals surface area contributed by atoms with Crippen molar-refractivity contribution in [2.24, 2.45) is 0 Å². The Bertz CT molecular complexity index is 1110. The average Bonchev–Trinajstić information content (AvgIpc) is 3.28. The third-order valence-corrected chi connectivity index (χ3v) is 5.51. The average molecular weight is 395 g/mol. The molecule has 1 aliphatic heterocycles. The van der Waals surface area contributed by atoms with Crippen LogP contribution in [0.3, 0.4) is 0 Å². The van der Waals surface area contributed by atoms with Crippen molar-refractivity contribution in [2.75, 3.05) is 18.6 Å². The first-order valence-electron chi connectivity index (χ1n) is 8.63. The molecule has 2 heterocycles. The zero-order valence-electron chi connectivity index (χ0n) is 15.4. The Morgan fingerprint density at radius 3 is 2.82 bits per heavy atom. The monoisotopic (exact) mass is 395 g/mol. The van der Waals surface area contributed by atoms with Gasteiger partial charge < -0.3 is 14.7 Å². The highest BCUT2D eigenvalue weighted by Crippen LogP contribution is 2.35. The van der Waals surface area contributed by atoms with Gasteiger partial charge in [-0.15, -0.1) is 11.3 Å². The topological polar surface area (TPSA) is 69.4 Å². The van der Waals surface area contributed by atoms with Crippen LogP contribution in [0.5, 0.6) is 5.75 Å². The lowest BCUT2D eigenvalue weighted by Gasteiger charge is -2.19. The van der Waals surface area contributed by atoms with Crippen LogP contribution in [-0.4, -0.2) is 29.6 Å². The van der Waals surface area contributed by atoms with Gasteiger partial charge in [-0.3, -0.25) is 5.41 Å². The molecule has 0 fully saturated rings. The summed E-state index contributed by atoms with van der Waals surface area (Å²) >= 11 is 1.35. The van der Waals surface area contributed by atoms with Crippen molar-refractivity contribution >= 4 is 28.4 Å². The molecule has 0 saturated heterocycles. The van der Waals surface area contributed by atoms with E-state index < -0.39 is 0 Å². The lowest BCUT2D eigenvalue weighted by molar-refractivity contribution is 0.411. The largest absolute Gasteiger partial charge is 0.510 e. The Balaban J connectivity index is 1.64. The van der Waals surface area contributed by atoms with Crippen molar-refractivity contribution in [3.63, 3.8) is 0 Å². The van der Waals surface area contributed by atoms with Crippen molar-refractivity contribution in [1.82, 2.24) is 4.98 Å². The molecule has 0 bridgehead atoms. The van der Waals surface area contributed by atoms with Crippen molar-refractivity contribution < 1.29 is 14.2 Å². The van der Waals surface area contributed by atoms with E-state index in [1.54, 1.807) is 31.1 Å². The number of benzene rings is 2. The van der Waals surface area contributed by atoms with Gasteiger partial charge in [0.1, 0.15) is 28.2 Å². The van der Waals surface area contributed by atoms with Crippen LogP contribution >= 0.6 is 11.3 Å². The van der Waals surface area contributed by atoms with Crippen molar-refractivity contribution in [3.8, 4) is 17.0 Å². The van der Waals surface area contributed by atoms with E-state index >= 15 is 0 Å². The first-order valence-corrected chi connectivity index (χ1v) is 9.51. The molecule has 2 N–H and O–H groups in total. The second-order valence-corrected chi connectivity index (χ2v) is 7.32. The minimum atomic E-state index is -0.340. The maximum atomic E-state index is 13.9. The molecular formula is C21H18FN3O2S. The second kappa shape index (κ2) is 7.09. The van der Waals surface area contributed by atoms with Crippen LogP contribution in [0.1, 0.15) is 10.6 Å². The number of hydrogen-bond donors (Lipinski definition) is 2. The molecule has 28 heavy (non-hydrogen) atoms. The van der Waals surface area contributed by atoms with E-state index in [0.29, 0.717) is 21.8 Å². The number of aliphatic hydroxyl groups excluding tert-OH is 1. The Hall–Kier alpha value is -3.19. The molecule has 0 spiro atoms. The Morgan fingerprint density at radius 2 is 2.07 bits per heavy atom. The molecular weight excluding hydrogens is 377 g/mol. The minimum Gasteiger partial charge on any atom is -0.510 e. The molecule has 0 unspecified atom stereocenters. The van der Waals surface area contributed by atoms with Crippen LogP contribution in [0.2, 0.25) is 0 Å². The van der Waals surface area contributed by atoms with Crippen LogP contribution in [0.25, 0.3) is 16.8 Å². The summed E-state index contributed by atoms with van der Waals surface area (Å²) in [7, 11) is 1.61. The molecule has 0 amide bonds. The number of aliphatic hydroxyl groups is 1. The van der Waals surface area contributed by atoms with Crippen LogP contribution in [0.15, 0.2) is 53.6 Å². The SMILES string of the molecule is COc1cccc(-c2csc(C3=C(O)CN(c4ccc(C)c(F)c4)C3=N)n2)c1. The predicted octanol–water partition coefficient (Wildman–Crippen LogP) is 5.03. The van der Waals surface area contributed by atoms with E-state index in [1.165, 1.54) is 17.4 Å². The van der Waals surface area contributed by atoms with Gasteiger partial charge >= 0.3 is 0 Å². The molecule has 142 valence electrons. The molecule has 5 nitrogen and oxygen atoms in total. The standard InChI is InChI=1S/C21H18FN3O2S/c1-12-6-7-14(9-16(12)22)25-10-18(26)19(20(25)23)21-24-17(11-28-21)13-4-3-5-15(8-13)27-2/h3-9,11,23,26H,10H2,1-2H3. The lowest BCUT2D eigenvalue weighted by Crippen LogP contribution is -2.26. The number of hydrogen-bond acceptors (Lipinski definition) is 5. The summed E-state index contributed by atoms with van der Waals surface area (Å²) in [4.78, 5) is 6.17. The number of halogens is 1. The Labute approximate surface area is 165 Å². The number of ether oxygens (including phenoxy) is 1. The van der Waals surface area contributed by atoms with Gasteiger partial charge in [-0.05, 0) is 36.8 Å². The highest BCUT2D eigenvalue weighted by Gasteiger charge is 2.31. The van der Waals surface area contributed by atoms with Gasteiger partial charge in [-0.25, -0.2) is 9.37 Å². The number of thiazole rings is 1. The van der Waals surface area contributed by atoms with Gasteiger partial charge in [-0.2, -0.15) is 0 Å². The molecule has 0 aliphatic carbocycles. The highest BCUT2D eigenvalue weighted by atomic mass is 32.1. The van der Waals surface area contributed by atoms with Gasteiger partial charge in [0.05, 0.1) is 24.9 Å². The summed E-state index contributed by atoms with van der Waals surface area (Å²) in [5.74, 6) is 0.549. The van der Waals surface area contributed by atoms with Crippen LogP contribution in [0.4, 0.5) is 10.1 Å². The van der Waals surface area contributed by atoms with E-state index in [1.807, 2.05) is 29.6 Å². The summed E-state index contributed by atoms with van der Waals surface area (Å²) in [6.07, 6.45) is 0. The fourth-order valence-corrected chi connectivity index (χ4v) is 3.97. The quantitative estimate of drug-likeness (QED) is 0.650. The molecule has 0 radical (unpaired) electrons. The van der Waals surface area contributed by atoms with E-state index in [-0.39, 0.29) is 24.0 Å². The predicted molar refractivity (Wildman–Crippen MR) is 110 cm³/mol. The minimum absolute atomic E-state index is 0.0533. The van der Waals surface area contributed by atoms with Gasteiger partial charge in [0.15, 0.2) is 0 Å². The van der Waals surface area contributed by atoms with Crippen LogP contribution in [0, 0.1) is 18.2 Å². The van der Waals surface area contributed by atoms with E-state index in [9.17, 15) is 9.50 Å². The molecule has 1 aromatic heterocycles. The fourth-order valence-electron chi connectivity index (χ4n) is 3.08. The molecule has 0 saturated carbocycles. The molecule has 0 atom stereocenters. The molecule has 4 rings (SSSR count). The van der Waals surface area contributed by atoms with Gasteiger partial charge in [0, 0.05) is 16.6 Å². The number of amidine groups is 1. The van der Waals surface area contributed by atoms with Gasteiger partial charge in [0.25, 0.3) is 0 Å². The third kappa shape index (κ3) is 3.14. The van der Waals surface area contributed by atoms with Gasteiger partial charge in [0.2, 0.25) is 0 Å². The molecule has 1 aliphatic rings.